The van der Waals surface area contributed by atoms with Crippen molar-refractivity contribution in [2.24, 2.45) is 11.7 Å². The molecule has 1 aliphatic heterocycles. The lowest BCUT2D eigenvalue weighted by Gasteiger charge is -2.18. The highest BCUT2D eigenvalue weighted by atomic mass is 79.9. The van der Waals surface area contributed by atoms with Crippen molar-refractivity contribution in [3.8, 4) is 0 Å². The average Bonchev–Trinajstić information content (AvgIpc) is 2.60. The van der Waals surface area contributed by atoms with E-state index in [1.165, 1.54) is 10.0 Å². The van der Waals surface area contributed by atoms with Crippen LogP contribution in [0.5, 0.6) is 0 Å². The largest absolute Gasteiger partial charge is 0.330 e. The fourth-order valence-corrected chi connectivity index (χ4v) is 3.03. The van der Waals surface area contributed by atoms with Gasteiger partial charge in [-0.2, -0.15) is 0 Å². The van der Waals surface area contributed by atoms with Crippen molar-refractivity contribution in [2.75, 3.05) is 26.7 Å². The van der Waals surface area contributed by atoms with Gasteiger partial charge in [-0.05, 0) is 31.1 Å². The van der Waals surface area contributed by atoms with E-state index in [9.17, 15) is 0 Å². The summed E-state index contributed by atoms with van der Waals surface area (Å²) in [4.78, 5) is 2.36. The van der Waals surface area contributed by atoms with Crippen molar-refractivity contribution in [3.05, 3.63) is 34.3 Å². The molecule has 1 aromatic rings. The third-order valence-electron chi connectivity index (χ3n) is 3.23. The quantitative estimate of drug-likeness (QED) is 0.890. The van der Waals surface area contributed by atoms with E-state index in [1.54, 1.807) is 0 Å². The van der Waals surface area contributed by atoms with Gasteiger partial charge in [-0.15, -0.1) is 0 Å². The molecule has 2 N–H and O–H groups in total. The minimum absolute atomic E-state index is 0.579. The van der Waals surface area contributed by atoms with Crippen LogP contribution in [-0.4, -0.2) is 31.6 Å². The van der Waals surface area contributed by atoms with Crippen LogP contribution in [0.2, 0.25) is 0 Å². The van der Waals surface area contributed by atoms with E-state index >= 15 is 0 Å². The lowest BCUT2D eigenvalue weighted by molar-refractivity contribution is 0.397. The number of benzene rings is 1. The molecule has 2 atom stereocenters. The van der Waals surface area contributed by atoms with Crippen LogP contribution in [0.25, 0.3) is 0 Å². The molecule has 0 saturated carbocycles. The molecule has 0 aromatic heterocycles. The Labute approximate surface area is 99.6 Å². The van der Waals surface area contributed by atoms with Gasteiger partial charge in [-0.25, -0.2) is 0 Å². The standard InChI is InChI=1S/C12H17BrN2/c1-15-7-9(6-14)11(8-15)10-4-2-3-5-12(10)13/h2-5,9,11H,6-8,14H2,1H3. The molecule has 2 nitrogen and oxygen atoms in total. The molecule has 15 heavy (non-hydrogen) atoms. The Morgan fingerprint density at radius 3 is 2.80 bits per heavy atom. The first kappa shape index (κ1) is 11.1. The summed E-state index contributed by atoms with van der Waals surface area (Å²) in [7, 11) is 2.17. The summed E-state index contributed by atoms with van der Waals surface area (Å²) >= 11 is 3.62. The molecule has 1 heterocycles. The predicted molar refractivity (Wildman–Crippen MR) is 66.9 cm³/mol. The number of nitrogens with zero attached hydrogens (tertiary/aromatic N) is 1. The van der Waals surface area contributed by atoms with Crippen LogP contribution in [0.4, 0.5) is 0 Å². The molecule has 1 saturated heterocycles. The fourth-order valence-electron chi connectivity index (χ4n) is 2.45. The molecule has 1 fully saturated rings. The number of likely N-dealkylation sites (tertiary alicyclic amines) is 1. The molecule has 82 valence electrons. The van der Waals surface area contributed by atoms with Crippen molar-refractivity contribution in [3.63, 3.8) is 0 Å². The van der Waals surface area contributed by atoms with Crippen LogP contribution in [0.3, 0.4) is 0 Å². The van der Waals surface area contributed by atoms with Gasteiger partial charge >= 0.3 is 0 Å². The van der Waals surface area contributed by atoms with E-state index in [0.29, 0.717) is 11.8 Å². The zero-order valence-corrected chi connectivity index (χ0v) is 10.6. The van der Waals surface area contributed by atoms with Gasteiger partial charge in [0, 0.05) is 23.5 Å². The highest BCUT2D eigenvalue weighted by molar-refractivity contribution is 9.10. The molecular formula is C12H17BrN2. The van der Waals surface area contributed by atoms with Crippen molar-refractivity contribution in [1.29, 1.82) is 0 Å². The first-order valence-corrected chi connectivity index (χ1v) is 6.14. The Kier molecular flexibility index (Phi) is 3.44. The maximum atomic E-state index is 5.83. The number of nitrogens with two attached hydrogens (primary N) is 1. The normalized spacial score (nSPS) is 27.1. The minimum Gasteiger partial charge on any atom is -0.330 e. The summed E-state index contributed by atoms with van der Waals surface area (Å²) in [6.45, 7) is 3.00. The molecule has 2 unspecified atom stereocenters. The van der Waals surface area contributed by atoms with Gasteiger partial charge in [-0.1, -0.05) is 34.1 Å². The number of hydrogen-bond acceptors (Lipinski definition) is 2. The topological polar surface area (TPSA) is 29.3 Å². The number of halogens is 1. The smallest absolute Gasteiger partial charge is 0.0210 e. The van der Waals surface area contributed by atoms with Crippen molar-refractivity contribution in [2.45, 2.75) is 5.92 Å². The summed E-state index contributed by atoms with van der Waals surface area (Å²) in [5.41, 5.74) is 7.23. The number of rotatable bonds is 2. The molecule has 1 aromatic carbocycles. The second-order valence-electron chi connectivity index (χ2n) is 4.34. The summed E-state index contributed by atoms with van der Waals surface area (Å²) in [6.07, 6.45) is 0. The fraction of sp³-hybridized carbons (Fsp3) is 0.500. The Morgan fingerprint density at radius 2 is 2.13 bits per heavy atom. The van der Waals surface area contributed by atoms with E-state index < -0.39 is 0 Å². The highest BCUT2D eigenvalue weighted by Gasteiger charge is 2.31. The van der Waals surface area contributed by atoms with Gasteiger partial charge in [-0.3, -0.25) is 0 Å². The number of hydrogen-bond donors (Lipinski definition) is 1. The zero-order chi connectivity index (χ0) is 10.8. The Bertz CT molecular complexity index is 340. The molecule has 2 rings (SSSR count). The lowest BCUT2D eigenvalue weighted by Crippen LogP contribution is -2.21. The first-order chi connectivity index (χ1) is 7.22. The maximum Gasteiger partial charge on any atom is 0.0210 e. The SMILES string of the molecule is CN1CC(CN)C(c2ccccc2Br)C1. The van der Waals surface area contributed by atoms with Crippen LogP contribution in [-0.2, 0) is 0 Å². The van der Waals surface area contributed by atoms with E-state index in [-0.39, 0.29) is 0 Å². The minimum atomic E-state index is 0.579. The summed E-state index contributed by atoms with van der Waals surface area (Å²) < 4.78 is 1.21. The van der Waals surface area contributed by atoms with Crippen LogP contribution in [0.15, 0.2) is 28.7 Å². The van der Waals surface area contributed by atoms with Crippen molar-refractivity contribution >= 4 is 15.9 Å². The predicted octanol–water partition coefficient (Wildman–Crippen LogP) is 2.05. The lowest BCUT2D eigenvalue weighted by atomic mass is 9.89. The Morgan fingerprint density at radius 1 is 1.40 bits per heavy atom. The van der Waals surface area contributed by atoms with Crippen LogP contribution in [0.1, 0.15) is 11.5 Å². The van der Waals surface area contributed by atoms with Gasteiger partial charge in [0.05, 0.1) is 0 Å². The van der Waals surface area contributed by atoms with Crippen LogP contribution >= 0.6 is 15.9 Å². The highest BCUT2D eigenvalue weighted by Crippen LogP contribution is 2.35. The molecule has 0 bridgehead atoms. The van der Waals surface area contributed by atoms with Crippen LogP contribution < -0.4 is 5.73 Å². The summed E-state index contributed by atoms with van der Waals surface area (Å²) in [5.74, 6) is 1.17. The zero-order valence-electron chi connectivity index (χ0n) is 8.99. The van der Waals surface area contributed by atoms with E-state index in [0.717, 1.165) is 19.6 Å². The van der Waals surface area contributed by atoms with Crippen LogP contribution in [0, 0.1) is 5.92 Å². The van der Waals surface area contributed by atoms with Gasteiger partial charge < -0.3 is 10.6 Å². The second-order valence-corrected chi connectivity index (χ2v) is 5.20. The molecule has 1 aliphatic rings. The van der Waals surface area contributed by atoms with Gasteiger partial charge in [0.2, 0.25) is 0 Å². The number of likely N-dealkylation sites (N-methyl/N-ethyl adjacent to an activating group) is 1. The van der Waals surface area contributed by atoms with Gasteiger partial charge in [0.25, 0.3) is 0 Å². The molecule has 0 radical (unpaired) electrons. The summed E-state index contributed by atoms with van der Waals surface area (Å²) in [6, 6.07) is 8.48. The third-order valence-corrected chi connectivity index (χ3v) is 3.95. The Balaban J connectivity index is 2.26. The van der Waals surface area contributed by atoms with E-state index in [4.69, 9.17) is 5.73 Å². The van der Waals surface area contributed by atoms with Crippen molar-refractivity contribution < 1.29 is 0 Å². The molecule has 3 heteroatoms. The third kappa shape index (κ3) is 2.25. The van der Waals surface area contributed by atoms with Gasteiger partial charge in [0.1, 0.15) is 0 Å². The molecule has 0 spiro atoms. The van der Waals surface area contributed by atoms with Crippen molar-refractivity contribution in [1.82, 2.24) is 4.90 Å². The Hall–Kier alpha value is -0.380. The van der Waals surface area contributed by atoms with E-state index in [2.05, 4.69) is 52.1 Å². The molecule has 0 aliphatic carbocycles. The molecular weight excluding hydrogens is 252 g/mol. The van der Waals surface area contributed by atoms with Gasteiger partial charge in [0.15, 0.2) is 0 Å². The molecule has 0 amide bonds. The maximum absolute atomic E-state index is 5.83. The second kappa shape index (κ2) is 4.64. The van der Waals surface area contributed by atoms with E-state index in [1.807, 2.05) is 0 Å². The summed E-state index contributed by atoms with van der Waals surface area (Å²) in [5, 5.41) is 0. The first-order valence-electron chi connectivity index (χ1n) is 5.35. The average molecular weight is 269 g/mol. The monoisotopic (exact) mass is 268 g/mol.